The number of rotatable bonds is 3. The highest BCUT2D eigenvalue weighted by Gasteiger charge is 2.67. The summed E-state index contributed by atoms with van der Waals surface area (Å²) in [6.07, 6.45) is 10.4. The number of para-hydroxylation sites is 1. The minimum absolute atomic E-state index is 0.232. The first kappa shape index (κ1) is 20.9. The van der Waals surface area contributed by atoms with Crippen molar-refractivity contribution in [1.82, 2.24) is 15.8 Å². The number of anilines is 1. The minimum atomic E-state index is -0.250. The van der Waals surface area contributed by atoms with Gasteiger partial charge < -0.3 is 10.2 Å². The number of hydrogen-bond acceptors (Lipinski definition) is 4. The van der Waals surface area contributed by atoms with Crippen LogP contribution < -0.4 is 16.2 Å². The number of nitrogens with zero attached hydrogens (tertiary/aromatic N) is 1. The summed E-state index contributed by atoms with van der Waals surface area (Å²) in [6, 6.07) is 16.1. The second-order valence-corrected chi connectivity index (χ2v) is 11.3. The molecule has 2 saturated carbocycles. The van der Waals surface area contributed by atoms with Crippen LogP contribution in [-0.2, 0) is 23.2 Å². The molecule has 2 aromatic carbocycles. The molecular weight excluding hydrogens is 420 g/mol. The number of carbonyl (C=O) groups excluding carboxylic acids is 1. The van der Waals surface area contributed by atoms with E-state index in [9.17, 15) is 4.79 Å². The van der Waals surface area contributed by atoms with E-state index < -0.39 is 0 Å². The highest BCUT2D eigenvalue weighted by atomic mass is 16.2. The maximum absolute atomic E-state index is 12.9. The van der Waals surface area contributed by atoms with Gasteiger partial charge in [0.25, 0.3) is 0 Å². The summed E-state index contributed by atoms with van der Waals surface area (Å²) in [6.45, 7) is 2.21. The first-order valence-corrected chi connectivity index (χ1v) is 13.0. The van der Waals surface area contributed by atoms with Crippen LogP contribution in [0.15, 0.2) is 48.5 Å². The zero-order valence-corrected chi connectivity index (χ0v) is 19.9. The number of amides is 1. The third-order valence-corrected chi connectivity index (χ3v) is 9.42. The lowest BCUT2D eigenvalue weighted by Crippen LogP contribution is -2.37. The molecule has 1 spiro atoms. The van der Waals surface area contributed by atoms with Crippen LogP contribution in [0.25, 0.3) is 6.08 Å². The van der Waals surface area contributed by atoms with E-state index >= 15 is 0 Å². The van der Waals surface area contributed by atoms with Crippen molar-refractivity contribution in [3.8, 4) is 0 Å². The van der Waals surface area contributed by atoms with E-state index in [2.05, 4.69) is 76.7 Å². The largest absolute Gasteiger partial charge is 0.325 e. The number of hydrogen-bond donors (Lipinski definition) is 3. The Morgan fingerprint density at radius 2 is 2.00 bits per heavy atom. The normalized spacial score (nSPS) is 36.4. The fourth-order valence-corrected chi connectivity index (χ4v) is 7.49. The van der Waals surface area contributed by atoms with Gasteiger partial charge in [-0.3, -0.25) is 15.6 Å². The molecule has 34 heavy (non-hydrogen) atoms. The molecule has 6 atom stereocenters. The monoisotopic (exact) mass is 454 g/mol. The molecule has 5 nitrogen and oxygen atoms in total. The van der Waals surface area contributed by atoms with Gasteiger partial charge in [-0.15, -0.1) is 0 Å². The van der Waals surface area contributed by atoms with E-state index in [1.54, 1.807) is 0 Å². The van der Waals surface area contributed by atoms with Crippen LogP contribution in [0.2, 0.25) is 0 Å². The van der Waals surface area contributed by atoms with Crippen molar-refractivity contribution in [1.29, 1.82) is 0 Å². The van der Waals surface area contributed by atoms with Crippen LogP contribution in [-0.4, -0.2) is 36.5 Å². The van der Waals surface area contributed by atoms with Crippen LogP contribution in [0.5, 0.6) is 0 Å². The van der Waals surface area contributed by atoms with Gasteiger partial charge >= 0.3 is 0 Å². The molecule has 1 amide bonds. The van der Waals surface area contributed by atoms with Crippen molar-refractivity contribution < 1.29 is 4.79 Å². The van der Waals surface area contributed by atoms with Crippen molar-refractivity contribution in [2.75, 3.05) is 18.9 Å². The van der Waals surface area contributed by atoms with Gasteiger partial charge in [-0.25, -0.2) is 0 Å². The Bertz CT molecular complexity index is 1170. The molecule has 1 saturated heterocycles. The number of carbonyl (C=O) groups is 1. The van der Waals surface area contributed by atoms with Gasteiger partial charge in [0.1, 0.15) is 0 Å². The lowest BCUT2D eigenvalue weighted by atomic mass is 9.73. The van der Waals surface area contributed by atoms with Crippen LogP contribution in [0.1, 0.15) is 47.9 Å². The molecule has 2 aromatic rings. The van der Waals surface area contributed by atoms with Crippen LogP contribution in [0, 0.1) is 17.8 Å². The van der Waals surface area contributed by atoms with E-state index in [-0.39, 0.29) is 11.3 Å². The molecule has 0 radical (unpaired) electrons. The van der Waals surface area contributed by atoms with Gasteiger partial charge in [-0.05, 0) is 85.2 Å². The average molecular weight is 455 g/mol. The fraction of sp³-hybridized carbons (Fsp3) is 0.483. The van der Waals surface area contributed by atoms with E-state index in [1.807, 2.05) is 6.07 Å². The topological polar surface area (TPSA) is 56.4 Å². The standard InChI is InChI=1S/C29H34N4O/c1-33-13-12-19-8-6-18(14-21(19)17-33)7-11-25-22-10-9-20(15-27(22)32-31-25)24-16-29(24)23-4-2-3-5-26(23)30-28(29)34/h2-8,11,14,20,22,24-25,27,31-32H,9-10,12-13,15-17H2,1H3,(H,30,34)/b11-7+/t20?,22?,24-,25?,27?,29-/m0/s1. The van der Waals surface area contributed by atoms with Crippen LogP contribution in [0.4, 0.5) is 5.69 Å². The minimum Gasteiger partial charge on any atom is -0.325 e. The highest BCUT2D eigenvalue weighted by Crippen LogP contribution is 2.64. The van der Waals surface area contributed by atoms with Crippen molar-refractivity contribution >= 4 is 17.7 Å². The average Bonchev–Trinajstić information content (AvgIpc) is 3.38. The Balaban J connectivity index is 1.02. The zero-order chi connectivity index (χ0) is 22.9. The lowest BCUT2D eigenvalue weighted by Gasteiger charge is -2.33. The van der Waals surface area contributed by atoms with E-state index in [1.165, 1.54) is 35.1 Å². The fourth-order valence-electron chi connectivity index (χ4n) is 7.49. The van der Waals surface area contributed by atoms with Crippen LogP contribution >= 0.6 is 0 Å². The molecule has 0 bridgehead atoms. The Labute approximate surface area is 202 Å². The summed E-state index contributed by atoms with van der Waals surface area (Å²) in [5.41, 5.74) is 13.5. The summed E-state index contributed by atoms with van der Waals surface area (Å²) in [7, 11) is 2.21. The van der Waals surface area contributed by atoms with Gasteiger partial charge in [0.2, 0.25) is 5.91 Å². The number of nitrogens with one attached hydrogen (secondary N) is 3. The summed E-state index contributed by atoms with van der Waals surface area (Å²) in [5, 5.41) is 3.15. The number of likely N-dealkylation sites (N-methyl/N-ethyl adjacent to an activating group) is 1. The SMILES string of the molecule is CN1CCc2ccc(/C=C/C3NNC4CC([C@@H]5C[C@@]56C(=O)Nc5ccccc56)CCC34)cc2C1. The third kappa shape index (κ3) is 3.21. The Hall–Kier alpha value is -2.47. The summed E-state index contributed by atoms with van der Waals surface area (Å²) >= 11 is 0. The van der Waals surface area contributed by atoms with Crippen molar-refractivity contribution in [3.63, 3.8) is 0 Å². The predicted octanol–water partition coefficient (Wildman–Crippen LogP) is 3.86. The maximum atomic E-state index is 12.9. The molecule has 5 heteroatoms. The number of benzene rings is 2. The first-order chi connectivity index (χ1) is 16.6. The van der Waals surface area contributed by atoms with E-state index in [0.29, 0.717) is 29.8 Å². The van der Waals surface area contributed by atoms with Crippen LogP contribution in [0.3, 0.4) is 0 Å². The van der Waals surface area contributed by atoms with E-state index in [4.69, 9.17) is 0 Å². The van der Waals surface area contributed by atoms with Crippen molar-refractivity contribution in [2.24, 2.45) is 17.8 Å². The lowest BCUT2D eigenvalue weighted by molar-refractivity contribution is -0.118. The molecule has 0 aromatic heterocycles. The zero-order valence-electron chi connectivity index (χ0n) is 19.9. The number of fused-ring (bicyclic) bond motifs is 4. The summed E-state index contributed by atoms with van der Waals surface area (Å²) < 4.78 is 0. The Morgan fingerprint density at radius 1 is 1.09 bits per heavy atom. The molecule has 7 rings (SSSR count). The molecular formula is C29H34N4O. The number of hydrazine groups is 1. The second kappa shape index (κ2) is 7.77. The Morgan fingerprint density at radius 3 is 2.94 bits per heavy atom. The van der Waals surface area contributed by atoms with E-state index in [0.717, 1.165) is 38.0 Å². The Kier molecular flexibility index (Phi) is 4.77. The first-order valence-electron chi connectivity index (χ1n) is 13.0. The third-order valence-electron chi connectivity index (χ3n) is 9.42. The quantitative estimate of drug-likeness (QED) is 0.659. The van der Waals surface area contributed by atoms with Gasteiger partial charge in [-0.2, -0.15) is 0 Å². The molecule has 4 unspecified atom stereocenters. The van der Waals surface area contributed by atoms with Gasteiger partial charge in [-0.1, -0.05) is 48.6 Å². The summed E-state index contributed by atoms with van der Waals surface area (Å²) in [4.78, 5) is 15.3. The van der Waals surface area contributed by atoms with Gasteiger partial charge in [0.05, 0.1) is 5.41 Å². The molecule has 176 valence electrons. The van der Waals surface area contributed by atoms with Crippen molar-refractivity contribution in [3.05, 3.63) is 70.8 Å². The molecule has 3 fully saturated rings. The summed E-state index contributed by atoms with van der Waals surface area (Å²) in [5.74, 6) is 1.96. The van der Waals surface area contributed by atoms with Crippen molar-refractivity contribution in [2.45, 2.75) is 56.1 Å². The van der Waals surface area contributed by atoms with Gasteiger partial charge in [0.15, 0.2) is 0 Å². The molecule has 2 aliphatic carbocycles. The maximum Gasteiger partial charge on any atom is 0.235 e. The molecule has 3 N–H and O–H groups in total. The predicted molar refractivity (Wildman–Crippen MR) is 135 cm³/mol. The smallest absolute Gasteiger partial charge is 0.235 e. The molecule has 3 aliphatic heterocycles. The highest BCUT2D eigenvalue weighted by molar-refractivity contribution is 6.08. The second-order valence-electron chi connectivity index (χ2n) is 11.3. The van der Waals surface area contributed by atoms with Gasteiger partial charge in [0, 0.05) is 30.9 Å². The molecule has 5 aliphatic rings. The molecule has 3 heterocycles.